The summed E-state index contributed by atoms with van der Waals surface area (Å²) in [5.74, 6) is 0.292. The van der Waals surface area contributed by atoms with E-state index in [-0.39, 0.29) is 11.8 Å². The van der Waals surface area contributed by atoms with Gasteiger partial charge in [0.1, 0.15) is 0 Å². The highest BCUT2D eigenvalue weighted by Gasteiger charge is 2.32. The number of rotatable bonds is 5. The van der Waals surface area contributed by atoms with Gasteiger partial charge >= 0.3 is 0 Å². The molecule has 33 heavy (non-hydrogen) atoms. The number of hydrogen-bond acceptors (Lipinski definition) is 3. The van der Waals surface area contributed by atoms with E-state index in [1.165, 1.54) is 15.4 Å². The lowest BCUT2D eigenvalue weighted by Gasteiger charge is -2.31. The molecule has 2 aliphatic rings. The highest BCUT2D eigenvalue weighted by molar-refractivity contribution is 7.89. The fraction of sp³-hybridized carbons (Fsp3) is 0.370. The molecule has 172 valence electrons. The van der Waals surface area contributed by atoms with Crippen molar-refractivity contribution in [2.75, 3.05) is 19.6 Å². The number of fused-ring (bicyclic) bond motifs is 2. The number of benzene rings is 3. The van der Waals surface area contributed by atoms with Crippen molar-refractivity contribution in [2.24, 2.45) is 5.92 Å². The van der Waals surface area contributed by atoms with Gasteiger partial charge < -0.3 is 5.32 Å². The Bertz CT molecular complexity index is 1260. The number of nitrogens with one attached hydrogen (secondary N) is 1. The Hall–Kier alpha value is -2.70. The van der Waals surface area contributed by atoms with Crippen LogP contribution in [0.4, 0.5) is 0 Å². The van der Waals surface area contributed by atoms with Crippen LogP contribution >= 0.6 is 0 Å². The molecular weight excluding hydrogens is 432 g/mol. The summed E-state index contributed by atoms with van der Waals surface area (Å²) in [6.07, 6.45) is 4.48. The number of sulfonamides is 1. The largest absolute Gasteiger partial charge is 0.355 e. The zero-order chi connectivity index (χ0) is 22.8. The quantitative estimate of drug-likeness (QED) is 0.608. The molecule has 0 saturated carbocycles. The molecule has 1 fully saturated rings. The maximum absolute atomic E-state index is 13.2. The molecule has 3 aromatic rings. The molecule has 1 N–H and O–H groups in total. The van der Waals surface area contributed by atoms with Crippen LogP contribution in [0, 0.1) is 5.92 Å². The Kier molecular flexibility index (Phi) is 6.21. The Morgan fingerprint density at radius 3 is 2.45 bits per heavy atom. The minimum absolute atomic E-state index is 0.0563. The molecule has 1 aliphatic heterocycles. The van der Waals surface area contributed by atoms with Crippen molar-refractivity contribution in [3.8, 4) is 0 Å². The first-order valence-electron chi connectivity index (χ1n) is 11.9. The van der Waals surface area contributed by atoms with Gasteiger partial charge in [0.15, 0.2) is 0 Å². The molecule has 3 aromatic carbocycles. The van der Waals surface area contributed by atoms with E-state index in [1.807, 2.05) is 30.3 Å². The Labute approximate surface area is 195 Å². The van der Waals surface area contributed by atoms with E-state index < -0.39 is 10.0 Å². The molecule has 5 nitrogen and oxygen atoms in total. The molecule has 1 unspecified atom stereocenters. The second-order valence-electron chi connectivity index (χ2n) is 9.22. The van der Waals surface area contributed by atoms with Gasteiger partial charge in [0.25, 0.3) is 0 Å². The van der Waals surface area contributed by atoms with Crippen LogP contribution in [-0.2, 0) is 21.2 Å². The van der Waals surface area contributed by atoms with Gasteiger partial charge in [0, 0.05) is 31.5 Å². The molecule has 1 saturated heterocycles. The smallest absolute Gasteiger partial charge is 0.243 e. The van der Waals surface area contributed by atoms with Crippen LogP contribution < -0.4 is 5.32 Å². The summed E-state index contributed by atoms with van der Waals surface area (Å²) in [4.78, 5) is 13.2. The first-order chi connectivity index (χ1) is 16.0. The van der Waals surface area contributed by atoms with E-state index in [0.717, 1.165) is 30.0 Å². The molecule has 1 atom stereocenters. The average molecular weight is 463 g/mol. The van der Waals surface area contributed by atoms with E-state index in [2.05, 4.69) is 29.6 Å². The van der Waals surface area contributed by atoms with Gasteiger partial charge in [-0.05, 0) is 66.1 Å². The van der Waals surface area contributed by atoms with Crippen molar-refractivity contribution < 1.29 is 13.2 Å². The number of carbonyl (C=O) groups excluding carboxylic acids is 1. The average Bonchev–Trinajstić information content (AvgIpc) is 2.87. The van der Waals surface area contributed by atoms with Crippen LogP contribution in [0.25, 0.3) is 10.8 Å². The van der Waals surface area contributed by atoms with Crippen molar-refractivity contribution in [1.29, 1.82) is 0 Å². The van der Waals surface area contributed by atoms with Crippen LogP contribution in [0.2, 0.25) is 0 Å². The molecule has 1 amide bonds. The number of hydrogen-bond donors (Lipinski definition) is 1. The minimum Gasteiger partial charge on any atom is -0.355 e. The number of aryl methyl sites for hydroxylation is 1. The van der Waals surface area contributed by atoms with Gasteiger partial charge in [-0.25, -0.2) is 8.42 Å². The van der Waals surface area contributed by atoms with Gasteiger partial charge in [0.05, 0.1) is 4.90 Å². The molecule has 1 aliphatic carbocycles. The fourth-order valence-electron chi connectivity index (χ4n) is 5.27. The van der Waals surface area contributed by atoms with Crippen LogP contribution in [0.3, 0.4) is 0 Å². The Morgan fingerprint density at radius 2 is 1.64 bits per heavy atom. The van der Waals surface area contributed by atoms with Crippen molar-refractivity contribution in [3.05, 3.63) is 77.9 Å². The maximum Gasteiger partial charge on any atom is 0.243 e. The number of piperidine rings is 1. The summed E-state index contributed by atoms with van der Waals surface area (Å²) < 4.78 is 27.9. The van der Waals surface area contributed by atoms with Gasteiger partial charge in [-0.2, -0.15) is 4.31 Å². The number of carbonyl (C=O) groups is 1. The van der Waals surface area contributed by atoms with Crippen molar-refractivity contribution in [1.82, 2.24) is 9.62 Å². The molecule has 0 spiro atoms. The topological polar surface area (TPSA) is 66.5 Å². The lowest BCUT2D eigenvalue weighted by Crippen LogP contribution is -2.43. The van der Waals surface area contributed by atoms with E-state index >= 15 is 0 Å². The maximum atomic E-state index is 13.2. The van der Waals surface area contributed by atoms with Crippen molar-refractivity contribution in [3.63, 3.8) is 0 Å². The standard InChI is InChI=1S/C27H30N2O3S/c30-27(28-19-24-10-5-9-21-7-3-4-11-26(21)24)22-14-16-29(17-15-22)33(31,32)25-13-12-20-6-1-2-8-23(20)18-25/h1-4,6-8,11-13,18,22,24H,5,9-10,14-17,19H2,(H,28,30). The first kappa shape index (κ1) is 22.1. The van der Waals surface area contributed by atoms with E-state index in [1.54, 1.807) is 12.1 Å². The lowest BCUT2D eigenvalue weighted by molar-refractivity contribution is -0.126. The lowest BCUT2D eigenvalue weighted by atomic mass is 9.82. The molecule has 0 radical (unpaired) electrons. The predicted molar refractivity (Wildman–Crippen MR) is 131 cm³/mol. The third kappa shape index (κ3) is 4.55. The van der Waals surface area contributed by atoms with Gasteiger partial charge in [-0.3, -0.25) is 4.79 Å². The highest BCUT2D eigenvalue weighted by Crippen LogP contribution is 2.31. The monoisotopic (exact) mass is 462 g/mol. The Balaban J connectivity index is 1.19. The van der Waals surface area contributed by atoms with Crippen LogP contribution in [-0.4, -0.2) is 38.3 Å². The SMILES string of the molecule is O=C(NCC1CCCc2ccccc21)C1CCN(S(=O)(=O)c2ccc3ccccc3c2)CC1. The summed E-state index contributed by atoms with van der Waals surface area (Å²) in [5, 5.41) is 5.10. The number of amides is 1. The van der Waals surface area contributed by atoms with Crippen molar-refractivity contribution in [2.45, 2.75) is 42.9 Å². The van der Waals surface area contributed by atoms with Crippen LogP contribution in [0.5, 0.6) is 0 Å². The minimum atomic E-state index is -3.56. The predicted octanol–water partition coefficient (Wildman–Crippen LogP) is 4.48. The van der Waals surface area contributed by atoms with Crippen molar-refractivity contribution >= 4 is 26.7 Å². The molecule has 1 heterocycles. The second kappa shape index (κ2) is 9.27. The Morgan fingerprint density at radius 1 is 0.909 bits per heavy atom. The van der Waals surface area contributed by atoms with E-state index in [9.17, 15) is 13.2 Å². The molecular formula is C27H30N2O3S. The fourth-order valence-corrected chi connectivity index (χ4v) is 6.78. The third-order valence-corrected chi connectivity index (χ3v) is 9.09. The molecule has 0 aromatic heterocycles. The number of nitrogens with zero attached hydrogens (tertiary/aromatic N) is 1. The van der Waals surface area contributed by atoms with Crippen LogP contribution in [0.15, 0.2) is 71.6 Å². The summed E-state index contributed by atoms with van der Waals surface area (Å²) in [5.41, 5.74) is 2.76. The van der Waals surface area contributed by atoms with E-state index in [4.69, 9.17) is 0 Å². The molecule has 0 bridgehead atoms. The summed E-state index contributed by atoms with van der Waals surface area (Å²) in [6.45, 7) is 1.41. The van der Waals surface area contributed by atoms with E-state index in [0.29, 0.717) is 43.3 Å². The second-order valence-corrected chi connectivity index (χ2v) is 11.2. The molecule has 5 rings (SSSR count). The third-order valence-electron chi connectivity index (χ3n) is 7.20. The summed E-state index contributed by atoms with van der Waals surface area (Å²) >= 11 is 0. The van der Waals surface area contributed by atoms with Gasteiger partial charge in [0.2, 0.25) is 15.9 Å². The zero-order valence-electron chi connectivity index (χ0n) is 18.7. The highest BCUT2D eigenvalue weighted by atomic mass is 32.2. The first-order valence-corrected chi connectivity index (χ1v) is 13.3. The molecule has 6 heteroatoms. The summed E-state index contributed by atoms with van der Waals surface area (Å²) in [6, 6.07) is 21.6. The zero-order valence-corrected chi connectivity index (χ0v) is 19.6. The summed E-state index contributed by atoms with van der Waals surface area (Å²) in [7, 11) is -3.56. The normalized spacial score (nSPS) is 19.8. The van der Waals surface area contributed by atoms with Gasteiger partial charge in [-0.1, -0.05) is 54.6 Å². The van der Waals surface area contributed by atoms with Crippen LogP contribution in [0.1, 0.15) is 42.7 Å². The van der Waals surface area contributed by atoms with Gasteiger partial charge in [-0.15, -0.1) is 0 Å².